The summed E-state index contributed by atoms with van der Waals surface area (Å²) >= 11 is 3.33. The van der Waals surface area contributed by atoms with Gasteiger partial charge >= 0.3 is 0 Å². The van der Waals surface area contributed by atoms with Crippen LogP contribution in [0.2, 0.25) is 0 Å². The number of nitrogens with one attached hydrogen (secondary N) is 2. The second-order valence-electron chi connectivity index (χ2n) is 4.05. The number of hydrogen-bond acceptors (Lipinski definition) is 2. The maximum Gasteiger partial charge on any atom is 0.252 e. The predicted octanol–water partition coefficient (Wildman–Crippen LogP) is 2.01. The van der Waals surface area contributed by atoms with Gasteiger partial charge in [0.25, 0.3) is 5.91 Å². The molecular formula is C13H17BrN2O2. The second-order valence-corrected chi connectivity index (χ2v) is 4.96. The Hall–Kier alpha value is -1.36. The van der Waals surface area contributed by atoms with Gasteiger partial charge in [-0.2, -0.15) is 0 Å². The number of benzene rings is 1. The van der Waals surface area contributed by atoms with Crippen molar-refractivity contribution in [1.82, 2.24) is 10.6 Å². The van der Waals surface area contributed by atoms with Gasteiger partial charge in [-0.05, 0) is 38.5 Å². The second kappa shape index (κ2) is 6.54. The Kier molecular flexibility index (Phi) is 5.34. The average molecular weight is 313 g/mol. The summed E-state index contributed by atoms with van der Waals surface area (Å²) in [5, 5.41) is 5.34. The Morgan fingerprint density at radius 1 is 1.39 bits per heavy atom. The SMILES string of the molecule is CCNC(=O)C(C)NC(=O)c1cc(Br)ccc1C. The van der Waals surface area contributed by atoms with E-state index in [4.69, 9.17) is 0 Å². The van der Waals surface area contributed by atoms with Gasteiger partial charge in [0.05, 0.1) is 0 Å². The highest BCUT2D eigenvalue weighted by atomic mass is 79.9. The van der Waals surface area contributed by atoms with Crippen LogP contribution in [0.1, 0.15) is 29.8 Å². The standard InChI is InChI=1S/C13H17BrN2O2/c1-4-15-12(17)9(3)16-13(18)11-7-10(14)6-5-8(11)2/h5-7,9H,4H2,1-3H3,(H,15,17)(H,16,18). The molecule has 1 rings (SSSR count). The number of amides is 2. The summed E-state index contributed by atoms with van der Waals surface area (Å²) in [7, 11) is 0. The Balaban J connectivity index is 2.76. The molecule has 98 valence electrons. The zero-order valence-corrected chi connectivity index (χ0v) is 12.3. The van der Waals surface area contributed by atoms with Crippen LogP contribution in [0.25, 0.3) is 0 Å². The minimum atomic E-state index is -0.546. The first kappa shape index (κ1) is 14.7. The number of rotatable bonds is 4. The third kappa shape index (κ3) is 3.84. The minimum Gasteiger partial charge on any atom is -0.355 e. The van der Waals surface area contributed by atoms with Gasteiger partial charge in [-0.3, -0.25) is 9.59 Å². The molecule has 0 fully saturated rings. The lowest BCUT2D eigenvalue weighted by Gasteiger charge is -2.14. The van der Waals surface area contributed by atoms with Crippen molar-refractivity contribution < 1.29 is 9.59 Å². The van der Waals surface area contributed by atoms with Crippen molar-refractivity contribution >= 4 is 27.7 Å². The van der Waals surface area contributed by atoms with Crippen LogP contribution >= 0.6 is 15.9 Å². The molecule has 1 unspecified atom stereocenters. The Morgan fingerprint density at radius 2 is 2.06 bits per heavy atom. The van der Waals surface area contributed by atoms with E-state index in [2.05, 4.69) is 26.6 Å². The van der Waals surface area contributed by atoms with E-state index < -0.39 is 6.04 Å². The lowest BCUT2D eigenvalue weighted by molar-refractivity contribution is -0.122. The molecule has 4 nitrogen and oxygen atoms in total. The third-order valence-corrected chi connectivity index (χ3v) is 3.03. The molecular weight excluding hydrogens is 296 g/mol. The molecule has 1 aromatic carbocycles. The van der Waals surface area contributed by atoms with Gasteiger partial charge in [0, 0.05) is 16.6 Å². The molecule has 18 heavy (non-hydrogen) atoms. The monoisotopic (exact) mass is 312 g/mol. The van der Waals surface area contributed by atoms with Crippen LogP contribution in [0.15, 0.2) is 22.7 Å². The number of carbonyl (C=O) groups excluding carboxylic acids is 2. The third-order valence-electron chi connectivity index (χ3n) is 2.54. The smallest absolute Gasteiger partial charge is 0.252 e. The molecule has 0 bridgehead atoms. The Bertz CT molecular complexity index is 460. The van der Waals surface area contributed by atoms with Crippen LogP contribution in [-0.2, 0) is 4.79 Å². The van der Waals surface area contributed by atoms with Crippen molar-refractivity contribution in [2.75, 3.05) is 6.54 Å². The van der Waals surface area contributed by atoms with E-state index in [1.807, 2.05) is 26.0 Å². The first-order valence-electron chi connectivity index (χ1n) is 5.80. The van der Waals surface area contributed by atoms with Crippen molar-refractivity contribution in [3.8, 4) is 0 Å². The Morgan fingerprint density at radius 3 is 2.67 bits per heavy atom. The number of likely N-dealkylation sites (N-methyl/N-ethyl adjacent to an activating group) is 1. The molecule has 0 aliphatic carbocycles. The molecule has 0 saturated heterocycles. The van der Waals surface area contributed by atoms with Crippen molar-refractivity contribution in [3.05, 3.63) is 33.8 Å². The van der Waals surface area contributed by atoms with Crippen molar-refractivity contribution in [1.29, 1.82) is 0 Å². The van der Waals surface area contributed by atoms with Crippen LogP contribution < -0.4 is 10.6 Å². The lowest BCUT2D eigenvalue weighted by Crippen LogP contribution is -2.44. The fraction of sp³-hybridized carbons (Fsp3) is 0.385. The van der Waals surface area contributed by atoms with Crippen LogP contribution in [-0.4, -0.2) is 24.4 Å². The van der Waals surface area contributed by atoms with E-state index in [1.165, 1.54) is 0 Å². The fourth-order valence-electron chi connectivity index (χ4n) is 1.51. The van der Waals surface area contributed by atoms with Crippen LogP contribution in [0.3, 0.4) is 0 Å². The molecule has 0 aliphatic heterocycles. The predicted molar refractivity (Wildman–Crippen MR) is 74.5 cm³/mol. The first-order valence-corrected chi connectivity index (χ1v) is 6.59. The molecule has 0 spiro atoms. The summed E-state index contributed by atoms with van der Waals surface area (Å²) in [6.07, 6.45) is 0. The summed E-state index contributed by atoms with van der Waals surface area (Å²) < 4.78 is 0.837. The van der Waals surface area contributed by atoms with Gasteiger partial charge in [-0.1, -0.05) is 22.0 Å². The molecule has 0 saturated carbocycles. The quantitative estimate of drug-likeness (QED) is 0.893. The van der Waals surface area contributed by atoms with E-state index in [0.717, 1.165) is 10.0 Å². The van der Waals surface area contributed by atoms with Gasteiger partial charge in [0.1, 0.15) is 6.04 Å². The molecule has 1 aromatic rings. The molecule has 0 aromatic heterocycles. The molecule has 0 aliphatic rings. The average Bonchev–Trinajstić information content (AvgIpc) is 2.32. The van der Waals surface area contributed by atoms with Crippen molar-refractivity contribution in [3.63, 3.8) is 0 Å². The van der Waals surface area contributed by atoms with E-state index >= 15 is 0 Å². The number of carbonyl (C=O) groups is 2. The molecule has 2 amide bonds. The van der Waals surface area contributed by atoms with Gasteiger partial charge in [0.15, 0.2) is 0 Å². The number of aryl methyl sites for hydroxylation is 1. The highest BCUT2D eigenvalue weighted by Crippen LogP contribution is 2.16. The zero-order chi connectivity index (χ0) is 13.7. The van der Waals surface area contributed by atoms with Crippen LogP contribution in [0.5, 0.6) is 0 Å². The number of hydrogen-bond donors (Lipinski definition) is 2. The molecule has 0 heterocycles. The minimum absolute atomic E-state index is 0.182. The van der Waals surface area contributed by atoms with E-state index in [9.17, 15) is 9.59 Å². The van der Waals surface area contributed by atoms with E-state index in [1.54, 1.807) is 13.0 Å². The van der Waals surface area contributed by atoms with Crippen molar-refractivity contribution in [2.24, 2.45) is 0 Å². The van der Waals surface area contributed by atoms with E-state index in [0.29, 0.717) is 12.1 Å². The van der Waals surface area contributed by atoms with Gasteiger partial charge < -0.3 is 10.6 Å². The zero-order valence-electron chi connectivity index (χ0n) is 10.7. The molecule has 5 heteroatoms. The highest BCUT2D eigenvalue weighted by Gasteiger charge is 2.17. The van der Waals surface area contributed by atoms with Gasteiger partial charge in [0.2, 0.25) is 5.91 Å². The van der Waals surface area contributed by atoms with E-state index in [-0.39, 0.29) is 11.8 Å². The summed E-state index contributed by atoms with van der Waals surface area (Å²) in [5.41, 5.74) is 1.44. The van der Waals surface area contributed by atoms with Gasteiger partial charge in [-0.25, -0.2) is 0 Å². The maximum absolute atomic E-state index is 12.0. The topological polar surface area (TPSA) is 58.2 Å². The molecule has 0 radical (unpaired) electrons. The summed E-state index contributed by atoms with van der Waals surface area (Å²) in [6, 6.07) is 4.93. The largest absolute Gasteiger partial charge is 0.355 e. The summed E-state index contributed by atoms with van der Waals surface area (Å²) in [6.45, 7) is 5.91. The van der Waals surface area contributed by atoms with Crippen molar-refractivity contribution in [2.45, 2.75) is 26.8 Å². The summed E-state index contributed by atoms with van der Waals surface area (Å²) in [5.74, 6) is -0.425. The Labute approximate surface area is 115 Å². The number of halogens is 1. The maximum atomic E-state index is 12.0. The molecule has 1 atom stereocenters. The normalized spacial score (nSPS) is 11.8. The fourth-order valence-corrected chi connectivity index (χ4v) is 1.87. The highest BCUT2D eigenvalue weighted by molar-refractivity contribution is 9.10. The van der Waals surface area contributed by atoms with Gasteiger partial charge in [-0.15, -0.1) is 0 Å². The molecule has 2 N–H and O–H groups in total. The summed E-state index contributed by atoms with van der Waals surface area (Å²) in [4.78, 5) is 23.6. The lowest BCUT2D eigenvalue weighted by atomic mass is 10.1. The first-order chi connectivity index (χ1) is 8.45. The van der Waals surface area contributed by atoms with Crippen LogP contribution in [0, 0.1) is 6.92 Å². The van der Waals surface area contributed by atoms with Crippen LogP contribution in [0.4, 0.5) is 0 Å².